The number of benzene rings is 1. The highest BCUT2D eigenvalue weighted by molar-refractivity contribution is 9.10. The standard InChI is InChI=1S/C13H18BrFN2O2/c14-12-7-10(1-2-13(12)15)16-8-11(18)9-17-3-5-19-6-4-17/h1-2,7,11,16,18H,3-6,8-9H2. The molecule has 1 aliphatic heterocycles. The van der Waals surface area contributed by atoms with Crippen molar-refractivity contribution in [1.29, 1.82) is 0 Å². The summed E-state index contributed by atoms with van der Waals surface area (Å²) in [5.74, 6) is -0.292. The molecule has 0 radical (unpaired) electrons. The lowest BCUT2D eigenvalue weighted by atomic mass is 10.2. The van der Waals surface area contributed by atoms with Gasteiger partial charge in [0.05, 0.1) is 23.8 Å². The number of β-amino-alcohol motifs (C(OH)–C–C–N with tert-alkyl or cyclic N) is 1. The molecule has 0 amide bonds. The number of hydrogen-bond donors (Lipinski definition) is 2. The van der Waals surface area contributed by atoms with Gasteiger partial charge in [-0.2, -0.15) is 0 Å². The molecule has 4 nitrogen and oxygen atoms in total. The zero-order chi connectivity index (χ0) is 13.7. The van der Waals surface area contributed by atoms with Crippen molar-refractivity contribution in [1.82, 2.24) is 4.90 Å². The lowest BCUT2D eigenvalue weighted by Crippen LogP contribution is -2.42. The van der Waals surface area contributed by atoms with Crippen molar-refractivity contribution in [3.63, 3.8) is 0 Å². The fraction of sp³-hybridized carbons (Fsp3) is 0.538. The number of anilines is 1. The molecule has 1 atom stereocenters. The number of hydrogen-bond acceptors (Lipinski definition) is 4. The van der Waals surface area contributed by atoms with Crippen molar-refractivity contribution < 1.29 is 14.2 Å². The minimum atomic E-state index is -0.457. The highest BCUT2D eigenvalue weighted by Gasteiger charge is 2.14. The van der Waals surface area contributed by atoms with Crippen LogP contribution in [0.3, 0.4) is 0 Å². The van der Waals surface area contributed by atoms with E-state index in [2.05, 4.69) is 26.1 Å². The number of halogens is 2. The molecule has 1 aromatic carbocycles. The lowest BCUT2D eigenvalue weighted by Gasteiger charge is -2.28. The third-order valence-electron chi connectivity index (χ3n) is 3.03. The largest absolute Gasteiger partial charge is 0.390 e. The first kappa shape index (κ1) is 14.7. The van der Waals surface area contributed by atoms with Crippen molar-refractivity contribution in [2.75, 3.05) is 44.7 Å². The van der Waals surface area contributed by atoms with Crippen molar-refractivity contribution in [3.05, 3.63) is 28.5 Å². The normalized spacial score (nSPS) is 18.3. The van der Waals surface area contributed by atoms with Gasteiger partial charge in [-0.3, -0.25) is 4.90 Å². The summed E-state index contributed by atoms with van der Waals surface area (Å²) in [4.78, 5) is 2.18. The van der Waals surface area contributed by atoms with Crippen molar-refractivity contribution in [3.8, 4) is 0 Å². The van der Waals surface area contributed by atoms with Gasteiger partial charge in [0.2, 0.25) is 0 Å². The Morgan fingerprint density at radius 1 is 1.42 bits per heavy atom. The maximum absolute atomic E-state index is 13.1. The third kappa shape index (κ3) is 4.72. The smallest absolute Gasteiger partial charge is 0.137 e. The molecule has 1 heterocycles. The van der Waals surface area contributed by atoms with Gasteiger partial charge in [0.15, 0.2) is 0 Å². The van der Waals surface area contributed by atoms with Gasteiger partial charge >= 0.3 is 0 Å². The first-order chi connectivity index (χ1) is 9.15. The van der Waals surface area contributed by atoms with Gasteiger partial charge in [0.1, 0.15) is 5.82 Å². The summed E-state index contributed by atoms with van der Waals surface area (Å²) in [6.45, 7) is 4.24. The molecule has 1 aromatic rings. The van der Waals surface area contributed by atoms with Crippen LogP contribution in [-0.2, 0) is 4.74 Å². The zero-order valence-corrected chi connectivity index (χ0v) is 12.2. The Kier molecular flexibility index (Phi) is 5.57. The van der Waals surface area contributed by atoms with E-state index in [-0.39, 0.29) is 5.82 Å². The van der Waals surface area contributed by atoms with Gasteiger partial charge in [-0.05, 0) is 34.1 Å². The first-order valence-corrected chi connectivity index (χ1v) is 7.11. The number of rotatable bonds is 5. The summed E-state index contributed by atoms with van der Waals surface area (Å²) in [5.41, 5.74) is 0.786. The van der Waals surface area contributed by atoms with Crippen LogP contribution < -0.4 is 5.32 Å². The molecule has 2 rings (SSSR count). The number of aliphatic hydroxyl groups is 1. The van der Waals surface area contributed by atoms with Crippen LogP contribution in [0.2, 0.25) is 0 Å². The van der Waals surface area contributed by atoms with E-state index in [9.17, 15) is 9.50 Å². The van der Waals surface area contributed by atoms with E-state index in [0.29, 0.717) is 17.6 Å². The molecule has 1 fully saturated rings. The SMILES string of the molecule is OC(CNc1ccc(F)c(Br)c1)CN1CCOCC1. The Balaban J connectivity index is 1.75. The summed E-state index contributed by atoms with van der Waals surface area (Å²) in [7, 11) is 0. The van der Waals surface area contributed by atoms with E-state index in [0.717, 1.165) is 32.0 Å². The number of nitrogens with one attached hydrogen (secondary N) is 1. The molecule has 1 aliphatic rings. The van der Waals surface area contributed by atoms with Crippen LogP contribution >= 0.6 is 15.9 Å². The van der Waals surface area contributed by atoms with Gasteiger partial charge in [-0.15, -0.1) is 0 Å². The molecule has 2 N–H and O–H groups in total. The summed E-state index contributed by atoms with van der Waals surface area (Å²) in [5, 5.41) is 13.1. The van der Waals surface area contributed by atoms with Crippen LogP contribution in [0.1, 0.15) is 0 Å². The second kappa shape index (κ2) is 7.19. The van der Waals surface area contributed by atoms with E-state index < -0.39 is 6.10 Å². The fourth-order valence-electron chi connectivity index (χ4n) is 1.99. The zero-order valence-electron chi connectivity index (χ0n) is 10.6. The Morgan fingerprint density at radius 3 is 2.84 bits per heavy atom. The average Bonchev–Trinajstić information content (AvgIpc) is 2.41. The molecule has 0 aliphatic carbocycles. The summed E-state index contributed by atoms with van der Waals surface area (Å²) >= 11 is 3.13. The van der Waals surface area contributed by atoms with Crippen molar-refractivity contribution in [2.45, 2.75) is 6.10 Å². The maximum Gasteiger partial charge on any atom is 0.137 e. The van der Waals surface area contributed by atoms with Crippen LogP contribution in [0.15, 0.2) is 22.7 Å². The van der Waals surface area contributed by atoms with E-state index in [1.807, 2.05) is 0 Å². The van der Waals surface area contributed by atoms with Gasteiger partial charge in [-0.1, -0.05) is 0 Å². The minimum absolute atomic E-state index is 0.292. The van der Waals surface area contributed by atoms with Crippen molar-refractivity contribution >= 4 is 21.6 Å². The van der Waals surface area contributed by atoms with Gasteiger partial charge < -0.3 is 15.2 Å². The number of morpholine rings is 1. The third-order valence-corrected chi connectivity index (χ3v) is 3.64. The predicted molar refractivity (Wildman–Crippen MR) is 75.9 cm³/mol. The van der Waals surface area contributed by atoms with Crippen LogP contribution in [0.5, 0.6) is 0 Å². The van der Waals surface area contributed by atoms with Crippen LogP contribution in [0.25, 0.3) is 0 Å². The van der Waals surface area contributed by atoms with Crippen LogP contribution in [0.4, 0.5) is 10.1 Å². The maximum atomic E-state index is 13.1. The summed E-state index contributed by atoms with van der Waals surface area (Å²) in [6.07, 6.45) is -0.457. The number of ether oxygens (including phenoxy) is 1. The fourth-order valence-corrected chi connectivity index (χ4v) is 2.37. The molecule has 106 valence electrons. The predicted octanol–water partition coefficient (Wildman–Crippen LogP) is 1.69. The van der Waals surface area contributed by atoms with Crippen LogP contribution in [-0.4, -0.2) is 55.5 Å². The lowest BCUT2D eigenvalue weighted by molar-refractivity contribution is 0.0171. The number of aliphatic hydroxyl groups excluding tert-OH is 1. The Labute approximate surface area is 120 Å². The van der Waals surface area contributed by atoms with Gasteiger partial charge in [0, 0.05) is 31.9 Å². The second-order valence-electron chi connectivity index (χ2n) is 4.58. The van der Waals surface area contributed by atoms with E-state index in [1.54, 1.807) is 12.1 Å². The molecule has 1 saturated heterocycles. The van der Waals surface area contributed by atoms with E-state index in [1.165, 1.54) is 6.07 Å². The van der Waals surface area contributed by atoms with Gasteiger partial charge in [-0.25, -0.2) is 4.39 Å². The summed E-state index contributed by atoms with van der Waals surface area (Å²) < 4.78 is 18.7. The monoisotopic (exact) mass is 332 g/mol. The number of nitrogens with zero attached hydrogens (tertiary/aromatic N) is 1. The Hall–Kier alpha value is -0.690. The Morgan fingerprint density at radius 2 is 2.16 bits per heavy atom. The van der Waals surface area contributed by atoms with Crippen LogP contribution in [0, 0.1) is 5.82 Å². The molecular formula is C13H18BrFN2O2. The topological polar surface area (TPSA) is 44.7 Å². The molecule has 0 saturated carbocycles. The highest BCUT2D eigenvalue weighted by atomic mass is 79.9. The molecule has 1 unspecified atom stereocenters. The van der Waals surface area contributed by atoms with E-state index in [4.69, 9.17) is 4.74 Å². The summed E-state index contributed by atoms with van der Waals surface area (Å²) in [6, 6.07) is 4.71. The minimum Gasteiger partial charge on any atom is -0.390 e. The molecular weight excluding hydrogens is 315 g/mol. The highest BCUT2D eigenvalue weighted by Crippen LogP contribution is 2.19. The molecule has 0 aromatic heterocycles. The molecule has 19 heavy (non-hydrogen) atoms. The van der Waals surface area contributed by atoms with Crippen molar-refractivity contribution in [2.24, 2.45) is 0 Å². The first-order valence-electron chi connectivity index (χ1n) is 6.32. The van der Waals surface area contributed by atoms with Gasteiger partial charge in [0.25, 0.3) is 0 Å². The second-order valence-corrected chi connectivity index (χ2v) is 5.43. The molecule has 0 bridgehead atoms. The quantitative estimate of drug-likeness (QED) is 0.861. The van der Waals surface area contributed by atoms with E-state index >= 15 is 0 Å². The molecule has 0 spiro atoms. The Bertz CT molecular complexity index is 414. The average molecular weight is 333 g/mol. The molecule has 6 heteroatoms.